The smallest absolute Gasteiger partial charge is 0.235 e. The molecule has 49 heavy (non-hydrogen) atoms. The Balaban J connectivity index is 1.14. The molecule has 0 radical (unpaired) electrons. The highest BCUT2D eigenvalue weighted by atomic mass is 15.2. The first-order chi connectivity index (χ1) is 24.2. The van der Waals surface area contributed by atoms with Gasteiger partial charge >= 0.3 is 0 Å². The SMILES string of the molecule is NC1Nc2ccc(-c3ccc4c(c3)c3ccccc3n4-c3nc(-c4ccccc4)c4ccccc4n3)cc2-c2cccc(C3C=CC=C3)c21. The summed E-state index contributed by atoms with van der Waals surface area (Å²) >= 11 is 0. The maximum Gasteiger partial charge on any atom is 0.235 e. The molecule has 0 bridgehead atoms. The van der Waals surface area contributed by atoms with Crippen LogP contribution in [-0.4, -0.2) is 14.5 Å². The van der Waals surface area contributed by atoms with Crippen molar-refractivity contribution in [3.63, 3.8) is 0 Å². The second-order valence-electron chi connectivity index (χ2n) is 12.8. The van der Waals surface area contributed by atoms with E-state index in [9.17, 15) is 0 Å². The van der Waals surface area contributed by atoms with Crippen LogP contribution in [0.4, 0.5) is 5.69 Å². The van der Waals surface area contributed by atoms with E-state index in [2.05, 4.69) is 149 Å². The number of para-hydroxylation sites is 2. The van der Waals surface area contributed by atoms with Gasteiger partial charge in [-0.2, -0.15) is 0 Å². The van der Waals surface area contributed by atoms with Crippen LogP contribution >= 0.6 is 0 Å². The number of nitrogens with zero attached hydrogens (tertiary/aromatic N) is 3. The van der Waals surface area contributed by atoms with Gasteiger partial charge in [-0.15, -0.1) is 0 Å². The monoisotopic (exact) mass is 629 g/mol. The van der Waals surface area contributed by atoms with E-state index >= 15 is 0 Å². The Kier molecular flexibility index (Phi) is 6.16. The summed E-state index contributed by atoms with van der Waals surface area (Å²) in [6.45, 7) is 0. The van der Waals surface area contributed by atoms with E-state index in [1.807, 2.05) is 18.2 Å². The molecule has 5 heteroatoms. The lowest BCUT2D eigenvalue weighted by atomic mass is 9.84. The Labute approximate surface area is 283 Å². The van der Waals surface area contributed by atoms with Gasteiger partial charge in [0.15, 0.2) is 0 Å². The Morgan fingerprint density at radius 2 is 1.31 bits per heavy atom. The van der Waals surface area contributed by atoms with E-state index < -0.39 is 0 Å². The molecule has 5 nitrogen and oxygen atoms in total. The van der Waals surface area contributed by atoms with Crippen LogP contribution < -0.4 is 11.1 Å². The molecule has 1 atom stereocenters. The summed E-state index contributed by atoms with van der Waals surface area (Å²) in [6, 6.07) is 47.1. The van der Waals surface area contributed by atoms with Crippen LogP contribution in [0.5, 0.6) is 0 Å². The van der Waals surface area contributed by atoms with Crippen LogP contribution in [0.3, 0.4) is 0 Å². The van der Waals surface area contributed by atoms with Crippen LogP contribution in [0.15, 0.2) is 158 Å². The number of nitrogens with two attached hydrogens (primary N) is 1. The molecule has 0 fully saturated rings. The predicted molar refractivity (Wildman–Crippen MR) is 202 cm³/mol. The van der Waals surface area contributed by atoms with Crippen LogP contribution in [0.25, 0.3) is 72.2 Å². The predicted octanol–water partition coefficient (Wildman–Crippen LogP) is 10.3. The molecule has 3 N–H and O–H groups in total. The van der Waals surface area contributed by atoms with Crippen molar-refractivity contribution in [2.24, 2.45) is 5.73 Å². The number of allylic oxidation sites excluding steroid dienone is 4. The van der Waals surface area contributed by atoms with Crippen LogP contribution in [-0.2, 0) is 0 Å². The maximum absolute atomic E-state index is 6.75. The molecule has 6 aromatic carbocycles. The van der Waals surface area contributed by atoms with E-state index in [0.717, 1.165) is 66.3 Å². The minimum atomic E-state index is -0.269. The lowest BCUT2D eigenvalue weighted by molar-refractivity contribution is 0.808. The molecular formula is C44H31N5. The first kappa shape index (κ1) is 27.8. The van der Waals surface area contributed by atoms with Gasteiger partial charge < -0.3 is 11.1 Å². The summed E-state index contributed by atoms with van der Waals surface area (Å²) < 4.78 is 2.20. The lowest BCUT2D eigenvalue weighted by Gasteiger charge is -2.30. The van der Waals surface area contributed by atoms with Crippen LogP contribution in [0, 0.1) is 0 Å². The first-order valence-corrected chi connectivity index (χ1v) is 16.7. The van der Waals surface area contributed by atoms with Crippen molar-refractivity contribution in [2.45, 2.75) is 12.1 Å². The second kappa shape index (κ2) is 10.9. The van der Waals surface area contributed by atoms with E-state index in [0.29, 0.717) is 5.95 Å². The summed E-state index contributed by atoms with van der Waals surface area (Å²) in [7, 11) is 0. The van der Waals surface area contributed by atoms with Gasteiger partial charge in [-0.25, -0.2) is 9.97 Å². The molecule has 8 aromatic rings. The van der Waals surface area contributed by atoms with Crippen molar-refractivity contribution in [1.82, 2.24) is 14.5 Å². The Hall–Kier alpha value is -6.30. The highest BCUT2D eigenvalue weighted by Crippen LogP contribution is 2.45. The van der Waals surface area contributed by atoms with Crippen molar-refractivity contribution in [3.8, 4) is 39.5 Å². The van der Waals surface area contributed by atoms with Gasteiger partial charge in [-0.05, 0) is 58.7 Å². The van der Waals surface area contributed by atoms with E-state index in [1.165, 1.54) is 16.7 Å². The molecule has 1 aliphatic carbocycles. The fraction of sp³-hybridized carbons (Fsp3) is 0.0455. The standard InChI is InChI=1S/C44H31N5/c45-43-41-31(27-11-4-5-12-27)17-10-18-33(41)35-25-29(21-23-38(35)46-43)30-22-24-40-36(26-30)32-15-7-9-20-39(32)49(40)44-47-37-19-8-6-16-34(37)42(48-44)28-13-2-1-3-14-28/h1-27,43,46H,45H2. The number of aromatic nitrogens is 3. The molecule has 2 aliphatic rings. The normalized spacial score (nSPS) is 15.2. The second-order valence-corrected chi connectivity index (χ2v) is 12.8. The number of benzene rings is 6. The summed E-state index contributed by atoms with van der Waals surface area (Å²) in [6.07, 6.45) is 8.41. The fourth-order valence-electron chi connectivity index (χ4n) is 7.76. The number of anilines is 1. The molecule has 1 unspecified atom stereocenters. The zero-order chi connectivity index (χ0) is 32.5. The van der Waals surface area contributed by atoms with Crippen molar-refractivity contribution >= 4 is 38.4 Å². The van der Waals surface area contributed by atoms with Gasteiger partial charge in [-0.3, -0.25) is 4.57 Å². The number of rotatable bonds is 4. The summed E-state index contributed by atoms with van der Waals surface area (Å²) in [5.41, 5.74) is 19.9. The number of hydrogen-bond acceptors (Lipinski definition) is 4. The molecule has 0 saturated carbocycles. The molecule has 0 saturated heterocycles. The van der Waals surface area contributed by atoms with Gasteiger partial charge in [0.1, 0.15) is 6.17 Å². The summed E-state index contributed by atoms with van der Waals surface area (Å²) in [4.78, 5) is 10.4. The van der Waals surface area contributed by atoms with Crippen molar-refractivity contribution < 1.29 is 0 Å². The van der Waals surface area contributed by atoms with Crippen molar-refractivity contribution in [1.29, 1.82) is 0 Å². The van der Waals surface area contributed by atoms with Gasteiger partial charge in [0, 0.05) is 44.5 Å². The maximum atomic E-state index is 6.75. The number of fused-ring (bicyclic) bond motifs is 7. The lowest BCUT2D eigenvalue weighted by Crippen LogP contribution is -2.26. The molecule has 1 aliphatic heterocycles. The van der Waals surface area contributed by atoms with Crippen molar-refractivity contribution in [3.05, 3.63) is 169 Å². The quantitative estimate of drug-likeness (QED) is 0.203. The minimum Gasteiger partial charge on any atom is -0.366 e. The Morgan fingerprint density at radius 1 is 0.571 bits per heavy atom. The average Bonchev–Trinajstić information content (AvgIpc) is 3.81. The third kappa shape index (κ3) is 4.37. The van der Waals surface area contributed by atoms with Gasteiger partial charge in [0.25, 0.3) is 0 Å². The van der Waals surface area contributed by atoms with Gasteiger partial charge in [-0.1, -0.05) is 121 Å². The molecule has 0 spiro atoms. The topological polar surface area (TPSA) is 68.8 Å². The minimum absolute atomic E-state index is 0.239. The molecule has 3 heterocycles. The average molecular weight is 630 g/mol. The molecule has 2 aromatic heterocycles. The zero-order valence-electron chi connectivity index (χ0n) is 26.6. The van der Waals surface area contributed by atoms with E-state index in [1.54, 1.807) is 0 Å². The van der Waals surface area contributed by atoms with E-state index in [-0.39, 0.29) is 12.1 Å². The number of nitrogens with one attached hydrogen (secondary N) is 1. The van der Waals surface area contributed by atoms with Gasteiger partial charge in [0.2, 0.25) is 5.95 Å². The van der Waals surface area contributed by atoms with Crippen LogP contribution in [0.2, 0.25) is 0 Å². The molecule has 0 amide bonds. The van der Waals surface area contributed by atoms with Gasteiger partial charge in [0.05, 0.1) is 22.2 Å². The largest absolute Gasteiger partial charge is 0.366 e. The first-order valence-electron chi connectivity index (χ1n) is 16.7. The zero-order valence-corrected chi connectivity index (χ0v) is 26.6. The fourth-order valence-corrected chi connectivity index (χ4v) is 7.76. The highest BCUT2D eigenvalue weighted by Gasteiger charge is 2.27. The summed E-state index contributed by atoms with van der Waals surface area (Å²) in [5.74, 6) is 0.898. The Morgan fingerprint density at radius 3 is 2.18 bits per heavy atom. The van der Waals surface area contributed by atoms with E-state index in [4.69, 9.17) is 15.7 Å². The third-order valence-corrected chi connectivity index (χ3v) is 10.0. The van der Waals surface area contributed by atoms with Crippen molar-refractivity contribution in [2.75, 3.05) is 5.32 Å². The highest BCUT2D eigenvalue weighted by molar-refractivity contribution is 6.10. The molecular weight excluding hydrogens is 599 g/mol. The van der Waals surface area contributed by atoms with Crippen LogP contribution in [0.1, 0.15) is 23.2 Å². The molecule has 10 rings (SSSR count). The number of hydrogen-bond donors (Lipinski definition) is 2. The third-order valence-electron chi connectivity index (χ3n) is 10.0. The Bertz CT molecular complexity index is 2650. The summed E-state index contributed by atoms with van der Waals surface area (Å²) in [5, 5.41) is 6.93. The molecule has 232 valence electrons.